The number of hydrogen-bond acceptors (Lipinski definition) is 2. The van der Waals surface area contributed by atoms with Crippen LogP contribution in [0.4, 0.5) is 0 Å². The lowest BCUT2D eigenvalue weighted by atomic mass is 9.50. The summed E-state index contributed by atoms with van der Waals surface area (Å²) < 4.78 is 0. The molecular weight excluding hydrogens is 176 g/mol. The summed E-state index contributed by atoms with van der Waals surface area (Å²) in [6.45, 7) is 4.70. The number of nitrogens with one attached hydrogen (secondary N) is 1. The Labute approximate surface area is 84.2 Å². The van der Waals surface area contributed by atoms with Crippen LogP contribution in [0.25, 0.3) is 0 Å². The largest absolute Gasteiger partial charge is 0.337 e. The highest BCUT2D eigenvalue weighted by Gasteiger charge is 2.65. The molecule has 3 nitrogen and oxygen atoms in total. The Kier molecular flexibility index (Phi) is 1.57. The topological polar surface area (TPSA) is 32.3 Å². The highest BCUT2D eigenvalue weighted by molar-refractivity contribution is 5.87. The van der Waals surface area contributed by atoms with Crippen molar-refractivity contribution >= 4 is 5.91 Å². The third kappa shape index (κ3) is 0.793. The fourth-order valence-corrected chi connectivity index (χ4v) is 3.68. The zero-order valence-corrected chi connectivity index (χ0v) is 8.44. The van der Waals surface area contributed by atoms with Gasteiger partial charge < -0.3 is 10.2 Å². The molecule has 0 bridgehead atoms. The van der Waals surface area contributed by atoms with E-state index in [1.54, 1.807) is 0 Å². The van der Waals surface area contributed by atoms with Crippen molar-refractivity contribution in [2.45, 2.75) is 18.5 Å². The highest BCUT2D eigenvalue weighted by Crippen LogP contribution is 2.58. The van der Waals surface area contributed by atoms with Crippen molar-refractivity contribution in [2.75, 3.05) is 13.6 Å². The summed E-state index contributed by atoms with van der Waals surface area (Å²) in [5.41, 5.74) is 0. The van der Waals surface area contributed by atoms with Gasteiger partial charge in [0, 0.05) is 13.1 Å². The van der Waals surface area contributed by atoms with Crippen molar-refractivity contribution in [3.63, 3.8) is 0 Å². The van der Waals surface area contributed by atoms with Crippen LogP contribution >= 0.6 is 0 Å². The van der Waals surface area contributed by atoms with Crippen LogP contribution in [0.1, 0.15) is 6.42 Å². The average Bonchev–Trinajstić information content (AvgIpc) is 2.36. The monoisotopic (exact) mass is 192 g/mol. The van der Waals surface area contributed by atoms with Gasteiger partial charge >= 0.3 is 0 Å². The molecule has 1 unspecified atom stereocenters. The maximum absolute atomic E-state index is 11.5. The third-order valence-electron chi connectivity index (χ3n) is 4.42. The summed E-state index contributed by atoms with van der Waals surface area (Å²) in [6.07, 6.45) is 2.73. The zero-order chi connectivity index (χ0) is 9.87. The lowest BCUT2D eigenvalue weighted by molar-refractivity contribution is -0.142. The molecule has 1 heterocycles. The summed E-state index contributed by atoms with van der Waals surface area (Å²) in [5.74, 6) is 2.62. The summed E-state index contributed by atoms with van der Waals surface area (Å²) in [5, 5.41) is 3.53. The zero-order valence-electron chi connectivity index (χ0n) is 8.44. The van der Waals surface area contributed by atoms with E-state index < -0.39 is 0 Å². The SMILES string of the molecule is C=CC(=O)N(C)[C@@H]1C2C[C@@H]3CN[C@H]1[C@H]23. The highest BCUT2D eigenvalue weighted by atomic mass is 16.2. The van der Waals surface area contributed by atoms with E-state index in [-0.39, 0.29) is 5.91 Å². The van der Waals surface area contributed by atoms with Gasteiger partial charge in [0.1, 0.15) is 0 Å². The Balaban J connectivity index is 1.75. The van der Waals surface area contributed by atoms with Gasteiger partial charge in [-0.2, -0.15) is 0 Å². The van der Waals surface area contributed by atoms with Gasteiger partial charge in [-0.05, 0) is 36.8 Å². The van der Waals surface area contributed by atoms with Crippen LogP contribution in [-0.2, 0) is 4.79 Å². The fraction of sp³-hybridized carbons (Fsp3) is 0.727. The summed E-state index contributed by atoms with van der Waals surface area (Å²) in [6, 6.07) is 1.01. The molecular formula is C11H16N2O. The molecule has 0 aromatic rings. The number of amides is 1. The molecule has 1 saturated heterocycles. The predicted octanol–water partition coefficient (Wildman–Crippen LogP) is 0.237. The molecule has 5 atom stereocenters. The molecule has 76 valence electrons. The maximum Gasteiger partial charge on any atom is 0.246 e. The van der Waals surface area contributed by atoms with E-state index in [2.05, 4.69) is 11.9 Å². The fourth-order valence-electron chi connectivity index (χ4n) is 3.68. The first-order valence-electron chi connectivity index (χ1n) is 5.36. The molecule has 3 rings (SSSR count). The van der Waals surface area contributed by atoms with Crippen molar-refractivity contribution < 1.29 is 4.79 Å². The van der Waals surface area contributed by atoms with Crippen LogP contribution in [0.3, 0.4) is 0 Å². The number of nitrogens with zero attached hydrogens (tertiary/aromatic N) is 1. The first-order chi connectivity index (χ1) is 6.74. The van der Waals surface area contributed by atoms with Crippen LogP contribution in [-0.4, -0.2) is 36.5 Å². The van der Waals surface area contributed by atoms with E-state index in [1.807, 2.05) is 11.9 Å². The molecule has 0 spiro atoms. The van der Waals surface area contributed by atoms with E-state index >= 15 is 0 Å². The van der Waals surface area contributed by atoms with Gasteiger partial charge in [0.2, 0.25) is 5.91 Å². The smallest absolute Gasteiger partial charge is 0.246 e. The summed E-state index contributed by atoms with van der Waals surface area (Å²) >= 11 is 0. The molecule has 1 N–H and O–H groups in total. The molecule has 1 amide bonds. The minimum Gasteiger partial charge on any atom is -0.337 e. The Morgan fingerprint density at radius 2 is 2.43 bits per heavy atom. The van der Waals surface area contributed by atoms with Gasteiger partial charge in [-0.1, -0.05) is 6.58 Å². The standard InChI is InChI=1S/C11H16N2O/c1-3-8(14)13(2)11-7-4-6-5-12-10(11)9(6)7/h3,6-7,9-12H,1,4-5H2,2H3/t6-,7?,9+,10+,11-/m1/s1. The predicted molar refractivity (Wildman–Crippen MR) is 53.6 cm³/mol. The number of likely N-dealkylation sites (N-methyl/N-ethyl adjacent to an activating group) is 1. The van der Waals surface area contributed by atoms with Gasteiger partial charge in [0.05, 0.1) is 6.04 Å². The third-order valence-corrected chi connectivity index (χ3v) is 4.42. The molecule has 0 aromatic carbocycles. The molecule has 14 heavy (non-hydrogen) atoms. The van der Waals surface area contributed by atoms with E-state index in [4.69, 9.17) is 0 Å². The van der Waals surface area contributed by atoms with Crippen molar-refractivity contribution in [2.24, 2.45) is 17.8 Å². The molecule has 3 aliphatic rings. The van der Waals surface area contributed by atoms with E-state index in [9.17, 15) is 4.79 Å². The van der Waals surface area contributed by atoms with Crippen molar-refractivity contribution in [1.29, 1.82) is 0 Å². The van der Waals surface area contributed by atoms with Crippen LogP contribution in [0.5, 0.6) is 0 Å². The molecule has 2 saturated carbocycles. The van der Waals surface area contributed by atoms with Crippen LogP contribution in [0.2, 0.25) is 0 Å². The Bertz CT molecular complexity index is 302. The van der Waals surface area contributed by atoms with Gasteiger partial charge in [0.25, 0.3) is 0 Å². The van der Waals surface area contributed by atoms with Crippen molar-refractivity contribution in [3.8, 4) is 0 Å². The lowest BCUT2D eigenvalue weighted by Crippen LogP contribution is -2.69. The van der Waals surface area contributed by atoms with Crippen LogP contribution in [0, 0.1) is 17.8 Å². The van der Waals surface area contributed by atoms with Crippen LogP contribution < -0.4 is 5.32 Å². The summed E-state index contributed by atoms with van der Waals surface area (Å²) in [7, 11) is 1.90. The number of hydrogen-bond donors (Lipinski definition) is 1. The first kappa shape index (κ1) is 8.48. The quantitative estimate of drug-likeness (QED) is 0.636. The van der Waals surface area contributed by atoms with Crippen LogP contribution in [0.15, 0.2) is 12.7 Å². The second kappa shape index (κ2) is 2.60. The van der Waals surface area contributed by atoms with Gasteiger partial charge in [0.15, 0.2) is 0 Å². The Morgan fingerprint density at radius 1 is 1.64 bits per heavy atom. The van der Waals surface area contributed by atoms with Gasteiger partial charge in [-0.3, -0.25) is 4.79 Å². The Hall–Kier alpha value is -0.830. The maximum atomic E-state index is 11.5. The second-order valence-electron chi connectivity index (χ2n) is 4.81. The number of carbonyl (C=O) groups excluding carboxylic acids is 1. The minimum atomic E-state index is 0.0607. The first-order valence-corrected chi connectivity index (χ1v) is 5.36. The normalized spacial score (nSPS) is 47.4. The second-order valence-corrected chi connectivity index (χ2v) is 4.81. The Morgan fingerprint density at radius 3 is 3.14 bits per heavy atom. The molecule has 3 fully saturated rings. The minimum absolute atomic E-state index is 0.0607. The van der Waals surface area contributed by atoms with Crippen molar-refractivity contribution in [1.82, 2.24) is 10.2 Å². The average molecular weight is 192 g/mol. The van der Waals surface area contributed by atoms with Gasteiger partial charge in [-0.15, -0.1) is 0 Å². The molecule has 3 heteroatoms. The molecule has 0 aromatic heterocycles. The number of carbonyl (C=O) groups is 1. The molecule has 1 aliphatic heterocycles. The molecule has 2 aliphatic carbocycles. The van der Waals surface area contributed by atoms with E-state index in [0.717, 1.165) is 17.8 Å². The lowest BCUT2D eigenvalue weighted by Gasteiger charge is -2.60. The summed E-state index contributed by atoms with van der Waals surface area (Å²) in [4.78, 5) is 13.3. The van der Waals surface area contributed by atoms with E-state index in [0.29, 0.717) is 12.1 Å². The van der Waals surface area contributed by atoms with E-state index in [1.165, 1.54) is 19.0 Å². The van der Waals surface area contributed by atoms with Crippen molar-refractivity contribution in [3.05, 3.63) is 12.7 Å². The van der Waals surface area contributed by atoms with Gasteiger partial charge in [-0.25, -0.2) is 0 Å². The number of rotatable bonds is 2. The molecule has 0 radical (unpaired) electrons.